The third-order valence-corrected chi connectivity index (χ3v) is 5.13. The number of carbonyl (C=O) groups is 1. The maximum absolute atomic E-state index is 12.2. The van der Waals surface area contributed by atoms with Crippen LogP contribution in [-0.4, -0.2) is 19.3 Å². The number of nitriles is 1. The van der Waals surface area contributed by atoms with Crippen molar-refractivity contribution in [2.24, 2.45) is 5.92 Å². The van der Waals surface area contributed by atoms with Crippen molar-refractivity contribution in [2.75, 3.05) is 0 Å². The first-order chi connectivity index (χ1) is 11.0. The lowest BCUT2D eigenvalue weighted by Crippen LogP contribution is -2.32. The number of nitrogens with one attached hydrogen (secondary N) is 1. The van der Waals surface area contributed by atoms with Crippen LogP contribution in [0, 0.1) is 17.2 Å². The van der Waals surface area contributed by atoms with Crippen molar-refractivity contribution in [1.29, 1.82) is 5.26 Å². The first kappa shape index (κ1) is 15.2. The summed E-state index contributed by atoms with van der Waals surface area (Å²) >= 11 is 0. The van der Waals surface area contributed by atoms with Crippen LogP contribution in [0.5, 0.6) is 0 Å². The lowest BCUT2D eigenvalue weighted by atomic mass is 10.1. The molecule has 2 aromatic rings. The van der Waals surface area contributed by atoms with E-state index in [0.29, 0.717) is 12.0 Å². The quantitative estimate of drug-likeness (QED) is 0.918. The number of rotatable bonds is 4. The highest BCUT2D eigenvalue weighted by Gasteiger charge is 2.45. The van der Waals surface area contributed by atoms with Gasteiger partial charge < -0.3 is 0 Å². The fraction of sp³-hybridized carbons (Fsp3) is 0.188. The van der Waals surface area contributed by atoms with Gasteiger partial charge in [-0.15, -0.1) is 0 Å². The second-order valence-corrected chi connectivity index (χ2v) is 7.02. The van der Waals surface area contributed by atoms with E-state index < -0.39 is 15.9 Å². The van der Waals surface area contributed by atoms with Crippen molar-refractivity contribution in [3.05, 3.63) is 59.9 Å². The standard InChI is InChI=1S/C16H13N3O3S/c17-9-11-3-5-13(6-4-11)23(21,22)19-16(20)15-8-14(15)12-2-1-7-18-10-12/h1-7,10,14-15H,8H2,(H,19,20)/t14-,15+/m0/s1. The molecule has 0 saturated heterocycles. The minimum Gasteiger partial charge on any atom is -0.274 e. The van der Waals surface area contributed by atoms with Crippen molar-refractivity contribution in [2.45, 2.75) is 17.2 Å². The van der Waals surface area contributed by atoms with E-state index in [1.165, 1.54) is 24.3 Å². The van der Waals surface area contributed by atoms with Gasteiger partial charge in [-0.3, -0.25) is 9.78 Å². The molecule has 1 saturated carbocycles. The number of amides is 1. The second kappa shape index (κ2) is 5.82. The van der Waals surface area contributed by atoms with Gasteiger partial charge in [0.15, 0.2) is 0 Å². The average molecular weight is 327 g/mol. The molecule has 3 rings (SSSR count). The highest BCUT2D eigenvalue weighted by molar-refractivity contribution is 7.90. The summed E-state index contributed by atoms with van der Waals surface area (Å²) < 4.78 is 26.5. The number of benzene rings is 1. The van der Waals surface area contributed by atoms with Gasteiger partial charge in [0.1, 0.15) is 0 Å². The summed E-state index contributed by atoms with van der Waals surface area (Å²) in [5.74, 6) is -0.851. The van der Waals surface area contributed by atoms with Gasteiger partial charge in [-0.05, 0) is 48.2 Å². The zero-order valence-electron chi connectivity index (χ0n) is 12.0. The smallest absolute Gasteiger partial charge is 0.264 e. The fourth-order valence-corrected chi connectivity index (χ4v) is 3.45. The number of hydrogen-bond acceptors (Lipinski definition) is 5. The van der Waals surface area contributed by atoms with Crippen LogP contribution in [0.1, 0.15) is 23.5 Å². The molecule has 0 bridgehead atoms. The molecule has 1 aliphatic rings. The Morgan fingerprint density at radius 1 is 1.26 bits per heavy atom. The summed E-state index contributed by atoms with van der Waals surface area (Å²) in [6.45, 7) is 0. The molecule has 23 heavy (non-hydrogen) atoms. The predicted octanol–water partition coefficient (Wildman–Crippen LogP) is 1.56. The first-order valence-corrected chi connectivity index (χ1v) is 8.46. The summed E-state index contributed by atoms with van der Waals surface area (Å²) in [5.41, 5.74) is 1.29. The van der Waals surface area contributed by atoms with Gasteiger partial charge in [0, 0.05) is 18.3 Å². The summed E-state index contributed by atoms with van der Waals surface area (Å²) in [4.78, 5) is 16.1. The average Bonchev–Trinajstić information content (AvgIpc) is 3.36. The molecule has 2 atom stereocenters. The van der Waals surface area contributed by atoms with Crippen LogP contribution in [-0.2, 0) is 14.8 Å². The molecule has 0 unspecified atom stereocenters. The van der Waals surface area contributed by atoms with Crippen molar-refractivity contribution in [3.63, 3.8) is 0 Å². The summed E-state index contributed by atoms with van der Waals surface area (Å²) in [6, 6.07) is 11.0. The van der Waals surface area contributed by atoms with Crippen LogP contribution in [0.4, 0.5) is 0 Å². The van der Waals surface area contributed by atoms with Crippen LogP contribution in [0.15, 0.2) is 53.7 Å². The SMILES string of the molecule is N#Cc1ccc(S(=O)(=O)NC(=O)[C@@H]2C[C@H]2c2cccnc2)cc1. The molecule has 6 nitrogen and oxygen atoms in total. The molecule has 116 valence electrons. The van der Waals surface area contributed by atoms with Crippen molar-refractivity contribution >= 4 is 15.9 Å². The maximum atomic E-state index is 12.2. The Balaban J connectivity index is 1.69. The monoisotopic (exact) mass is 327 g/mol. The van der Waals surface area contributed by atoms with Gasteiger partial charge in [0.05, 0.1) is 16.5 Å². The summed E-state index contributed by atoms with van der Waals surface area (Å²) in [5, 5.41) is 8.72. The predicted molar refractivity (Wildman–Crippen MR) is 81.6 cm³/mol. The molecule has 1 heterocycles. The van der Waals surface area contributed by atoms with Gasteiger partial charge in [0.25, 0.3) is 10.0 Å². The topological polar surface area (TPSA) is 99.9 Å². The molecule has 7 heteroatoms. The van der Waals surface area contributed by atoms with Gasteiger partial charge >= 0.3 is 0 Å². The van der Waals surface area contributed by atoms with Gasteiger partial charge in [-0.25, -0.2) is 13.1 Å². The summed E-state index contributed by atoms with van der Waals surface area (Å²) in [7, 11) is -3.92. The number of pyridine rings is 1. The third-order valence-electron chi connectivity index (χ3n) is 3.77. The minimum absolute atomic E-state index is 0.0138. The molecular weight excluding hydrogens is 314 g/mol. The molecule has 0 spiro atoms. The molecule has 1 amide bonds. The number of carbonyl (C=O) groups excluding carboxylic acids is 1. The maximum Gasteiger partial charge on any atom is 0.264 e. The van der Waals surface area contributed by atoms with Crippen molar-refractivity contribution in [1.82, 2.24) is 9.71 Å². The number of hydrogen-bond donors (Lipinski definition) is 1. The first-order valence-electron chi connectivity index (χ1n) is 6.98. The van der Waals surface area contributed by atoms with Crippen LogP contribution < -0.4 is 4.72 Å². The van der Waals surface area contributed by atoms with Gasteiger partial charge in [-0.2, -0.15) is 5.26 Å². The molecule has 1 N–H and O–H groups in total. The molecular formula is C16H13N3O3S. The van der Waals surface area contributed by atoms with Crippen LogP contribution >= 0.6 is 0 Å². The van der Waals surface area contributed by atoms with E-state index in [0.717, 1.165) is 5.56 Å². The summed E-state index contributed by atoms with van der Waals surface area (Å²) in [6.07, 6.45) is 3.95. The number of nitrogens with zero attached hydrogens (tertiary/aromatic N) is 2. The van der Waals surface area contributed by atoms with Crippen LogP contribution in [0.2, 0.25) is 0 Å². The lowest BCUT2D eigenvalue weighted by Gasteiger charge is -2.07. The molecule has 1 aromatic heterocycles. The lowest BCUT2D eigenvalue weighted by molar-refractivity contribution is -0.120. The Hall–Kier alpha value is -2.72. The number of sulfonamides is 1. The van der Waals surface area contributed by atoms with E-state index in [4.69, 9.17) is 5.26 Å². The van der Waals surface area contributed by atoms with Gasteiger partial charge in [-0.1, -0.05) is 6.07 Å². The highest BCUT2D eigenvalue weighted by atomic mass is 32.2. The van der Waals surface area contributed by atoms with E-state index >= 15 is 0 Å². The van der Waals surface area contributed by atoms with Crippen LogP contribution in [0.25, 0.3) is 0 Å². The van der Waals surface area contributed by atoms with Gasteiger partial charge in [0.2, 0.25) is 5.91 Å². The van der Waals surface area contributed by atoms with Crippen molar-refractivity contribution in [3.8, 4) is 6.07 Å². The van der Waals surface area contributed by atoms with Crippen molar-refractivity contribution < 1.29 is 13.2 Å². The Kier molecular flexibility index (Phi) is 3.84. The molecule has 0 radical (unpaired) electrons. The van der Waals surface area contributed by atoms with E-state index in [1.807, 2.05) is 12.1 Å². The van der Waals surface area contributed by atoms with E-state index in [1.54, 1.807) is 18.5 Å². The Morgan fingerprint density at radius 2 is 2.00 bits per heavy atom. The van der Waals surface area contributed by atoms with Crippen LogP contribution in [0.3, 0.4) is 0 Å². The molecule has 1 aliphatic carbocycles. The Morgan fingerprint density at radius 3 is 2.61 bits per heavy atom. The Labute approximate surface area is 133 Å². The molecule has 1 fully saturated rings. The minimum atomic E-state index is -3.92. The van der Waals surface area contributed by atoms with E-state index in [-0.39, 0.29) is 16.7 Å². The zero-order chi connectivity index (χ0) is 16.4. The fourth-order valence-electron chi connectivity index (χ4n) is 2.42. The zero-order valence-corrected chi connectivity index (χ0v) is 12.8. The molecule has 0 aliphatic heterocycles. The third kappa shape index (κ3) is 3.22. The Bertz CT molecular complexity index is 871. The number of aromatic nitrogens is 1. The van der Waals surface area contributed by atoms with E-state index in [2.05, 4.69) is 9.71 Å². The second-order valence-electron chi connectivity index (χ2n) is 5.34. The highest BCUT2D eigenvalue weighted by Crippen LogP contribution is 2.47. The van der Waals surface area contributed by atoms with E-state index in [9.17, 15) is 13.2 Å². The largest absolute Gasteiger partial charge is 0.274 e. The molecule has 1 aromatic carbocycles. The normalized spacial score (nSPS) is 19.6.